The number of allylic oxidation sites excluding steroid dienone is 1. The van der Waals surface area contributed by atoms with Crippen molar-refractivity contribution >= 4 is 33.2 Å². The van der Waals surface area contributed by atoms with Crippen LogP contribution < -0.4 is 14.4 Å². The van der Waals surface area contributed by atoms with E-state index in [0.29, 0.717) is 35.6 Å². The third kappa shape index (κ3) is 7.87. The monoisotopic (exact) mass is 676 g/mol. The van der Waals surface area contributed by atoms with Crippen LogP contribution in [-0.4, -0.2) is 44.4 Å². The van der Waals surface area contributed by atoms with Crippen molar-refractivity contribution in [1.29, 1.82) is 0 Å². The Balaban J connectivity index is 1.39. The van der Waals surface area contributed by atoms with Gasteiger partial charge in [-0.05, 0) is 110 Å². The Labute approximate surface area is 284 Å². The van der Waals surface area contributed by atoms with E-state index in [1.165, 1.54) is 5.56 Å². The minimum absolute atomic E-state index is 0.00275. The van der Waals surface area contributed by atoms with Gasteiger partial charge in [0.05, 0.1) is 10.9 Å². The number of aryl methyl sites for hydroxylation is 1. The van der Waals surface area contributed by atoms with E-state index in [-0.39, 0.29) is 30.4 Å². The van der Waals surface area contributed by atoms with Gasteiger partial charge in [0.15, 0.2) is 0 Å². The highest BCUT2D eigenvalue weighted by Crippen LogP contribution is 2.43. The summed E-state index contributed by atoms with van der Waals surface area (Å²) in [6.45, 7) is 3.86. The number of amides is 1. The summed E-state index contributed by atoms with van der Waals surface area (Å²) < 4.78 is 36.8. The minimum Gasteiger partial charge on any atom is -0.487 e. The molecule has 2 N–H and O–H groups in total. The van der Waals surface area contributed by atoms with Crippen molar-refractivity contribution in [3.8, 4) is 5.75 Å². The van der Waals surface area contributed by atoms with Crippen LogP contribution in [0.15, 0.2) is 78.9 Å². The quantitative estimate of drug-likeness (QED) is 0.291. The highest BCUT2D eigenvalue weighted by molar-refractivity contribution is 7.90. The molecule has 47 heavy (non-hydrogen) atoms. The number of nitrogens with zero attached hydrogens (tertiary/aromatic N) is 1. The first kappa shape index (κ1) is 33.6. The van der Waals surface area contributed by atoms with Gasteiger partial charge < -0.3 is 14.7 Å². The van der Waals surface area contributed by atoms with E-state index in [2.05, 4.69) is 15.7 Å². The van der Waals surface area contributed by atoms with E-state index in [4.69, 9.17) is 16.3 Å². The second kappa shape index (κ2) is 14.8. The molecule has 2 heterocycles. The second-order valence-electron chi connectivity index (χ2n) is 13.5. The summed E-state index contributed by atoms with van der Waals surface area (Å²) in [6, 6.07) is 20.7. The molecule has 0 unspecified atom stereocenters. The number of benzene rings is 3. The number of halogens is 1. The molecule has 3 aliphatic rings. The van der Waals surface area contributed by atoms with Crippen LogP contribution in [0.5, 0.6) is 5.75 Å². The van der Waals surface area contributed by atoms with Gasteiger partial charge in [0.2, 0.25) is 10.0 Å². The number of anilines is 1. The summed E-state index contributed by atoms with van der Waals surface area (Å²) in [5.74, 6) is 0.442. The summed E-state index contributed by atoms with van der Waals surface area (Å²) in [4.78, 5) is 16.1. The van der Waals surface area contributed by atoms with Crippen LogP contribution in [0.2, 0.25) is 5.02 Å². The number of nitrogens with one attached hydrogen (secondary N) is 1. The number of ether oxygens (including phenoxy) is 1. The molecule has 2 aliphatic heterocycles. The molecule has 9 heteroatoms. The molecule has 250 valence electrons. The van der Waals surface area contributed by atoms with E-state index in [0.717, 1.165) is 62.0 Å². The van der Waals surface area contributed by atoms with Crippen LogP contribution in [0.3, 0.4) is 0 Å². The van der Waals surface area contributed by atoms with Crippen molar-refractivity contribution in [3.63, 3.8) is 0 Å². The molecule has 1 saturated carbocycles. The maximum Gasteiger partial charge on any atom is 0.264 e. The molecule has 3 aromatic carbocycles. The first-order valence-electron chi connectivity index (χ1n) is 16.9. The number of carbonyl (C=O) groups is 1. The predicted octanol–water partition coefficient (Wildman–Crippen LogP) is 6.96. The highest BCUT2D eigenvalue weighted by atomic mass is 35.5. The van der Waals surface area contributed by atoms with Crippen LogP contribution in [0.1, 0.15) is 66.1 Å². The van der Waals surface area contributed by atoms with Gasteiger partial charge in [0.25, 0.3) is 5.91 Å². The van der Waals surface area contributed by atoms with Crippen molar-refractivity contribution in [2.24, 2.45) is 23.7 Å². The van der Waals surface area contributed by atoms with Gasteiger partial charge in [-0.15, -0.1) is 0 Å². The van der Waals surface area contributed by atoms with Crippen molar-refractivity contribution in [1.82, 2.24) is 4.72 Å². The number of hydrogen-bond donors (Lipinski definition) is 2. The van der Waals surface area contributed by atoms with E-state index in [9.17, 15) is 18.3 Å². The summed E-state index contributed by atoms with van der Waals surface area (Å²) >= 11 is 6.35. The fourth-order valence-corrected chi connectivity index (χ4v) is 9.29. The maximum absolute atomic E-state index is 14.0. The van der Waals surface area contributed by atoms with Crippen LogP contribution >= 0.6 is 11.6 Å². The number of carbonyl (C=O) groups excluding carboxylic acids is 1. The van der Waals surface area contributed by atoms with E-state index in [1.807, 2.05) is 61.5 Å². The molecule has 1 fully saturated rings. The second-order valence-corrected chi connectivity index (χ2v) is 15.8. The Kier molecular flexibility index (Phi) is 10.6. The highest BCUT2D eigenvalue weighted by Gasteiger charge is 2.38. The fraction of sp³-hybridized carbons (Fsp3) is 0.447. The Morgan fingerprint density at radius 3 is 2.62 bits per heavy atom. The largest absolute Gasteiger partial charge is 0.487 e. The summed E-state index contributed by atoms with van der Waals surface area (Å²) in [5.41, 5.74) is 4.21. The Bertz CT molecular complexity index is 1700. The van der Waals surface area contributed by atoms with Crippen LogP contribution in [0.4, 0.5) is 5.69 Å². The molecule has 1 aliphatic carbocycles. The lowest BCUT2D eigenvalue weighted by Crippen LogP contribution is -2.43. The molecule has 0 spiro atoms. The lowest BCUT2D eigenvalue weighted by atomic mass is 9.66. The van der Waals surface area contributed by atoms with E-state index in [1.54, 1.807) is 18.2 Å². The lowest BCUT2D eigenvalue weighted by molar-refractivity contribution is 0.0901. The fourth-order valence-electron chi connectivity index (χ4n) is 7.43. The SMILES string of the molecule is C[C@H]1C/C=C/[C@H](CO)[C@@H]2CC[C@H]2CN2CCCCc3cc(Cl)ccc3COc3ccc(cc32)C(=O)NS(=O)(=O)[C@@H]1Cc1ccccc1. The third-order valence-corrected chi connectivity index (χ3v) is 12.5. The maximum atomic E-state index is 14.0. The smallest absolute Gasteiger partial charge is 0.264 e. The Morgan fingerprint density at radius 1 is 1.02 bits per heavy atom. The molecule has 7 nitrogen and oxygen atoms in total. The van der Waals surface area contributed by atoms with Crippen molar-refractivity contribution in [2.45, 2.75) is 63.7 Å². The minimum atomic E-state index is -4.06. The van der Waals surface area contributed by atoms with Gasteiger partial charge in [-0.3, -0.25) is 4.79 Å². The predicted molar refractivity (Wildman–Crippen MR) is 187 cm³/mol. The zero-order chi connectivity index (χ0) is 33.0. The van der Waals surface area contributed by atoms with Gasteiger partial charge in [0, 0.05) is 36.2 Å². The number of fused-ring (bicyclic) bond motifs is 3. The summed E-state index contributed by atoms with van der Waals surface area (Å²) in [7, 11) is -4.06. The molecule has 0 saturated heterocycles. The molecule has 0 radical (unpaired) electrons. The van der Waals surface area contributed by atoms with E-state index < -0.39 is 21.2 Å². The lowest BCUT2D eigenvalue weighted by Gasteiger charge is -2.44. The molecule has 0 aromatic heterocycles. The van der Waals surface area contributed by atoms with Crippen LogP contribution in [0, 0.1) is 23.7 Å². The molecule has 2 bridgehead atoms. The average Bonchev–Trinajstić information content (AvgIpc) is 3.07. The number of hydrogen-bond acceptors (Lipinski definition) is 6. The van der Waals surface area contributed by atoms with Crippen molar-refractivity contribution in [2.75, 3.05) is 24.6 Å². The zero-order valence-electron chi connectivity index (χ0n) is 27.0. The first-order chi connectivity index (χ1) is 22.7. The average molecular weight is 677 g/mol. The molecule has 6 rings (SSSR count). The number of aliphatic hydroxyl groups excluding tert-OH is 1. The number of rotatable bonds is 3. The standard InChI is InChI=1S/C38H45ClN2O5S/c1-26-8-7-12-31(24-42)34-17-14-30(34)23-41-19-6-5-11-28-21-33(39)16-13-32(28)25-46-36-18-15-29(22-35(36)41)38(43)40-47(44,45)37(26)20-27-9-3-2-4-10-27/h2-4,7,9-10,12-13,15-16,18,21-22,26,30-31,34,37,42H,5-6,8,11,14,17,19-20,23-25H2,1H3,(H,40,43)/b12-7+/t26-,30-,31+,34+,37+/m0/s1. The van der Waals surface area contributed by atoms with Gasteiger partial charge in [0.1, 0.15) is 12.4 Å². The summed E-state index contributed by atoms with van der Waals surface area (Å²) in [6.07, 6.45) is 9.82. The number of sulfonamides is 1. The van der Waals surface area contributed by atoms with Crippen LogP contribution in [-0.2, 0) is 29.5 Å². The zero-order valence-corrected chi connectivity index (χ0v) is 28.6. The normalized spacial score (nSPS) is 27.1. The van der Waals surface area contributed by atoms with E-state index >= 15 is 0 Å². The molecule has 5 atom stereocenters. The molecular formula is C38H45ClN2O5S. The molecule has 3 aromatic rings. The van der Waals surface area contributed by atoms with Crippen molar-refractivity contribution in [3.05, 3.63) is 106 Å². The Hall–Kier alpha value is -3.33. The summed E-state index contributed by atoms with van der Waals surface area (Å²) in [5, 5.41) is 10.3. The van der Waals surface area contributed by atoms with Gasteiger partial charge >= 0.3 is 0 Å². The third-order valence-electron chi connectivity index (χ3n) is 10.4. The first-order valence-corrected chi connectivity index (χ1v) is 18.8. The topological polar surface area (TPSA) is 95.9 Å². The van der Waals surface area contributed by atoms with Gasteiger partial charge in [-0.25, -0.2) is 13.1 Å². The van der Waals surface area contributed by atoms with Crippen LogP contribution in [0.25, 0.3) is 0 Å². The molecular weight excluding hydrogens is 632 g/mol. The van der Waals surface area contributed by atoms with Gasteiger partial charge in [-0.2, -0.15) is 0 Å². The van der Waals surface area contributed by atoms with Crippen molar-refractivity contribution < 1.29 is 23.1 Å². The molecule has 1 amide bonds. The number of aliphatic hydroxyl groups is 1. The Morgan fingerprint density at radius 2 is 1.85 bits per heavy atom. The van der Waals surface area contributed by atoms with Gasteiger partial charge in [-0.1, -0.05) is 67.1 Å².